The molecule has 0 saturated carbocycles. The Kier molecular flexibility index (Phi) is 6.06. The molecule has 17 heavy (non-hydrogen) atoms. The summed E-state index contributed by atoms with van der Waals surface area (Å²) in [6.07, 6.45) is 2.55. The SMILES string of the molecule is CCNCCCC(C)Oc1cc(C)ccc1C. The molecular formula is C15H25NO. The van der Waals surface area contributed by atoms with E-state index in [1.165, 1.54) is 17.5 Å². The third kappa shape index (κ3) is 5.22. The molecule has 1 aromatic rings. The zero-order valence-electron chi connectivity index (χ0n) is 11.5. The molecular weight excluding hydrogens is 210 g/mol. The van der Waals surface area contributed by atoms with Crippen molar-refractivity contribution in [1.82, 2.24) is 5.32 Å². The molecule has 0 heterocycles. The molecule has 1 atom stereocenters. The van der Waals surface area contributed by atoms with Gasteiger partial charge in [0.05, 0.1) is 6.10 Å². The van der Waals surface area contributed by atoms with Crippen molar-refractivity contribution in [2.75, 3.05) is 13.1 Å². The summed E-state index contributed by atoms with van der Waals surface area (Å²) in [5.41, 5.74) is 2.47. The lowest BCUT2D eigenvalue weighted by atomic mass is 10.1. The highest BCUT2D eigenvalue weighted by Crippen LogP contribution is 2.21. The Bertz CT molecular complexity index is 336. The largest absolute Gasteiger partial charge is 0.490 e. The monoisotopic (exact) mass is 235 g/mol. The van der Waals surface area contributed by atoms with E-state index in [1.54, 1.807) is 0 Å². The minimum absolute atomic E-state index is 0.286. The summed E-state index contributed by atoms with van der Waals surface area (Å²) in [5.74, 6) is 1.03. The first-order valence-corrected chi connectivity index (χ1v) is 6.58. The quantitative estimate of drug-likeness (QED) is 0.731. The normalized spacial score (nSPS) is 12.5. The Morgan fingerprint density at radius 2 is 2.06 bits per heavy atom. The van der Waals surface area contributed by atoms with Crippen LogP contribution in [0.15, 0.2) is 18.2 Å². The minimum atomic E-state index is 0.286. The highest BCUT2D eigenvalue weighted by molar-refractivity contribution is 5.36. The molecule has 1 N–H and O–H groups in total. The number of hydrogen-bond donors (Lipinski definition) is 1. The third-order valence-corrected chi connectivity index (χ3v) is 2.89. The average Bonchev–Trinajstić information content (AvgIpc) is 2.29. The maximum absolute atomic E-state index is 5.98. The Morgan fingerprint density at radius 1 is 1.29 bits per heavy atom. The van der Waals surface area contributed by atoms with Crippen LogP contribution in [0.1, 0.15) is 37.8 Å². The number of benzene rings is 1. The zero-order valence-corrected chi connectivity index (χ0v) is 11.5. The van der Waals surface area contributed by atoms with Gasteiger partial charge in [-0.25, -0.2) is 0 Å². The maximum atomic E-state index is 5.98. The minimum Gasteiger partial charge on any atom is -0.490 e. The van der Waals surface area contributed by atoms with E-state index in [4.69, 9.17) is 4.74 Å². The molecule has 0 bridgehead atoms. The molecule has 2 heteroatoms. The molecule has 0 radical (unpaired) electrons. The molecule has 0 aliphatic carbocycles. The Labute approximate surface area is 105 Å². The molecule has 0 spiro atoms. The fourth-order valence-corrected chi connectivity index (χ4v) is 1.80. The topological polar surface area (TPSA) is 21.3 Å². The molecule has 0 aliphatic heterocycles. The number of hydrogen-bond acceptors (Lipinski definition) is 2. The van der Waals surface area contributed by atoms with Crippen LogP contribution in [-0.4, -0.2) is 19.2 Å². The summed E-state index contributed by atoms with van der Waals surface area (Å²) >= 11 is 0. The molecule has 2 nitrogen and oxygen atoms in total. The molecule has 0 aromatic heterocycles. The first-order chi connectivity index (χ1) is 8.13. The number of ether oxygens (including phenoxy) is 1. The van der Waals surface area contributed by atoms with Crippen molar-refractivity contribution in [2.45, 2.75) is 46.6 Å². The lowest BCUT2D eigenvalue weighted by molar-refractivity contribution is 0.206. The van der Waals surface area contributed by atoms with Gasteiger partial charge in [0.1, 0.15) is 5.75 Å². The third-order valence-electron chi connectivity index (χ3n) is 2.89. The van der Waals surface area contributed by atoms with E-state index < -0.39 is 0 Å². The van der Waals surface area contributed by atoms with E-state index in [-0.39, 0.29) is 6.10 Å². The second-order valence-electron chi connectivity index (χ2n) is 4.69. The molecule has 1 rings (SSSR count). The summed E-state index contributed by atoms with van der Waals surface area (Å²) in [4.78, 5) is 0. The maximum Gasteiger partial charge on any atom is 0.122 e. The van der Waals surface area contributed by atoms with E-state index in [9.17, 15) is 0 Å². The van der Waals surface area contributed by atoms with Crippen LogP contribution in [0.5, 0.6) is 5.75 Å². The van der Waals surface area contributed by atoms with Crippen LogP contribution in [-0.2, 0) is 0 Å². The second kappa shape index (κ2) is 7.33. The number of aryl methyl sites for hydroxylation is 2. The van der Waals surface area contributed by atoms with Crippen molar-refractivity contribution in [3.8, 4) is 5.75 Å². The van der Waals surface area contributed by atoms with Gasteiger partial charge in [-0.3, -0.25) is 0 Å². The van der Waals surface area contributed by atoms with Gasteiger partial charge < -0.3 is 10.1 Å². The molecule has 1 unspecified atom stereocenters. The summed E-state index contributed by atoms with van der Waals surface area (Å²) in [7, 11) is 0. The van der Waals surface area contributed by atoms with Crippen molar-refractivity contribution in [3.05, 3.63) is 29.3 Å². The summed E-state index contributed by atoms with van der Waals surface area (Å²) in [6, 6.07) is 6.37. The predicted octanol–water partition coefficient (Wildman–Crippen LogP) is 3.46. The van der Waals surface area contributed by atoms with E-state index in [2.05, 4.69) is 51.2 Å². The van der Waals surface area contributed by atoms with Gasteiger partial charge in [-0.05, 0) is 63.9 Å². The van der Waals surface area contributed by atoms with E-state index in [0.717, 1.165) is 25.3 Å². The van der Waals surface area contributed by atoms with Gasteiger partial charge in [0, 0.05) is 0 Å². The number of nitrogens with one attached hydrogen (secondary N) is 1. The van der Waals surface area contributed by atoms with Gasteiger partial charge in [0.2, 0.25) is 0 Å². The predicted molar refractivity (Wildman–Crippen MR) is 73.8 cm³/mol. The van der Waals surface area contributed by atoms with E-state index >= 15 is 0 Å². The first-order valence-electron chi connectivity index (χ1n) is 6.58. The van der Waals surface area contributed by atoms with Gasteiger partial charge in [-0.15, -0.1) is 0 Å². The van der Waals surface area contributed by atoms with Crippen molar-refractivity contribution < 1.29 is 4.74 Å². The second-order valence-corrected chi connectivity index (χ2v) is 4.69. The highest BCUT2D eigenvalue weighted by atomic mass is 16.5. The van der Waals surface area contributed by atoms with E-state index in [1.807, 2.05) is 0 Å². The van der Waals surface area contributed by atoms with Crippen molar-refractivity contribution in [2.24, 2.45) is 0 Å². The van der Waals surface area contributed by atoms with Crippen LogP contribution in [0.2, 0.25) is 0 Å². The van der Waals surface area contributed by atoms with Gasteiger partial charge in [0.15, 0.2) is 0 Å². The van der Waals surface area contributed by atoms with E-state index in [0.29, 0.717) is 0 Å². The fourth-order valence-electron chi connectivity index (χ4n) is 1.80. The van der Waals surface area contributed by atoms with Crippen LogP contribution < -0.4 is 10.1 Å². The summed E-state index contributed by atoms with van der Waals surface area (Å²) < 4.78 is 5.98. The van der Waals surface area contributed by atoms with Gasteiger partial charge in [0.25, 0.3) is 0 Å². The van der Waals surface area contributed by atoms with Crippen LogP contribution in [0.3, 0.4) is 0 Å². The Hall–Kier alpha value is -1.02. The lowest BCUT2D eigenvalue weighted by Crippen LogP contribution is -2.18. The standard InChI is InChI=1S/C15H25NO/c1-5-16-10-6-7-14(4)17-15-11-12(2)8-9-13(15)3/h8-9,11,14,16H,5-7,10H2,1-4H3. The van der Waals surface area contributed by atoms with Crippen molar-refractivity contribution in [3.63, 3.8) is 0 Å². The molecule has 1 aromatic carbocycles. The molecule has 0 saturated heterocycles. The van der Waals surface area contributed by atoms with Crippen LogP contribution in [0.25, 0.3) is 0 Å². The molecule has 0 amide bonds. The van der Waals surface area contributed by atoms with Crippen molar-refractivity contribution >= 4 is 0 Å². The number of rotatable bonds is 7. The Balaban J connectivity index is 2.39. The van der Waals surface area contributed by atoms with Crippen molar-refractivity contribution in [1.29, 1.82) is 0 Å². The molecule has 0 fully saturated rings. The lowest BCUT2D eigenvalue weighted by Gasteiger charge is -2.17. The molecule has 96 valence electrons. The zero-order chi connectivity index (χ0) is 12.7. The van der Waals surface area contributed by atoms with Gasteiger partial charge in [-0.1, -0.05) is 19.1 Å². The smallest absolute Gasteiger partial charge is 0.122 e. The van der Waals surface area contributed by atoms with Crippen LogP contribution in [0, 0.1) is 13.8 Å². The average molecular weight is 235 g/mol. The summed E-state index contributed by atoms with van der Waals surface area (Å²) in [5, 5.41) is 3.33. The molecule has 0 aliphatic rings. The fraction of sp³-hybridized carbons (Fsp3) is 0.600. The van der Waals surface area contributed by atoms with Gasteiger partial charge >= 0.3 is 0 Å². The van der Waals surface area contributed by atoms with Gasteiger partial charge in [-0.2, -0.15) is 0 Å². The Morgan fingerprint density at radius 3 is 2.76 bits per heavy atom. The van der Waals surface area contributed by atoms with Crippen LogP contribution >= 0.6 is 0 Å². The van der Waals surface area contributed by atoms with Crippen LogP contribution in [0.4, 0.5) is 0 Å². The highest BCUT2D eigenvalue weighted by Gasteiger charge is 2.06. The summed E-state index contributed by atoms with van der Waals surface area (Å²) in [6.45, 7) is 10.6. The first kappa shape index (κ1) is 14.0.